The van der Waals surface area contributed by atoms with Crippen molar-refractivity contribution in [2.45, 2.75) is 64.8 Å². The van der Waals surface area contributed by atoms with Gasteiger partial charge in [-0.1, -0.05) is 43.3 Å². The standard InChI is InChI=1S/C12H15ClN2O.C11H19NO.C5H7NO/c13-10-4-6-11(7-5-10)14-12(16)15-8-2-1-3-9-15;1-3-4-5-8-11(13)12-9-6-7-10(12)2;1-2-3-4-6-5-7/h4-7H,1-3,8-9H2,(H,14,16);4-5,10H,3,6-9H2,1-2H3;2-5H,1H2,(H,6,7)/b;5-4-;4-3+. The van der Waals surface area contributed by atoms with Crippen molar-refractivity contribution in [2.24, 2.45) is 0 Å². The van der Waals surface area contributed by atoms with Gasteiger partial charge in [0.25, 0.3) is 0 Å². The molecule has 2 saturated heterocycles. The van der Waals surface area contributed by atoms with E-state index in [0.717, 1.165) is 44.6 Å². The molecule has 4 amide bonds. The highest BCUT2D eigenvalue weighted by atomic mass is 35.5. The minimum atomic E-state index is -0.0120. The van der Waals surface area contributed by atoms with Crippen molar-refractivity contribution in [3.8, 4) is 0 Å². The summed E-state index contributed by atoms with van der Waals surface area (Å²) in [5.74, 6) is 0.287. The van der Waals surface area contributed by atoms with Crippen molar-refractivity contribution in [3.63, 3.8) is 0 Å². The zero-order valence-electron chi connectivity index (χ0n) is 21.6. The lowest BCUT2D eigenvalue weighted by Crippen LogP contribution is -2.38. The molecule has 2 fully saturated rings. The van der Waals surface area contributed by atoms with E-state index < -0.39 is 0 Å². The van der Waals surface area contributed by atoms with Gasteiger partial charge in [0.1, 0.15) is 0 Å². The van der Waals surface area contributed by atoms with Gasteiger partial charge in [-0.25, -0.2) is 4.79 Å². The average Bonchev–Trinajstić information content (AvgIpc) is 3.33. The number of urea groups is 1. The van der Waals surface area contributed by atoms with Crippen molar-refractivity contribution < 1.29 is 14.4 Å². The van der Waals surface area contributed by atoms with Gasteiger partial charge in [0.15, 0.2) is 0 Å². The minimum Gasteiger partial charge on any atom is -0.340 e. The normalized spacial score (nSPS) is 17.0. The fourth-order valence-electron chi connectivity index (χ4n) is 3.77. The quantitative estimate of drug-likeness (QED) is 0.259. The van der Waals surface area contributed by atoms with Gasteiger partial charge in [-0.15, -0.1) is 0 Å². The number of carbonyl (C=O) groups is 3. The SMILES string of the molecule is C=C/C=C/NC=O.CC/C=C\CC(=O)N1CCCC1C.O=C(Nc1ccc(Cl)cc1)N1CCCCC1. The number of carbonyl (C=O) groups excluding carboxylic acids is 3. The number of nitrogens with zero attached hydrogens (tertiary/aromatic N) is 2. The average molecular weight is 517 g/mol. The first kappa shape index (κ1) is 31.0. The summed E-state index contributed by atoms with van der Waals surface area (Å²) in [4.78, 5) is 36.8. The van der Waals surface area contributed by atoms with Crippen LogP contribution in [0.3, 0.4) is 0 Å². The largest absolute Gasteiger partial charge is 0.340 e. The molecule has 2 aliphatic heterocycles. The number of piperidine rings is 1. The van der Waals surface area contributed by atoms with Gasteiger partial charge < -0.3 is 20.4 Å². The number of hydrogen-bond acceptors (Lipinski definition) is 3. The molecule has 1 aromatic carbocycles. The molecule has 0 bridgehead atoms. The van der Waals surface area contributed by atoms with Crippen LogP contribution in [-0.4, -0.2) is 53.8 Å². The third-order valence-corrected chi connectivity index (χ3v) is 5.96. The number of rotatable bonds is 7. The molecule has 198 valence electrons. The summed E-state index contributed by atoms with van der Waals surface area (Å²) in [5.41, 5.74) is 0.792. The van der Waals surface area contributed by atoms with E-state index in [0.29, 0.717) is 23.9 Å². The molecule has 2 aliphatic rings. The van der Waals surface area contributed by atoms with E-state index in [1.54, 1.807) is 24.3 Å². The Morgan fingerprint density at radius 3 is 2.33 bits per heavy atom. The molecule has 0 aromatic heterocycles. The topological polar surface area (TPSA) is 81.8 Å². The molecular weight excluding hydrogens is 476 g/mol. The Bertz CT molecular complexity index is 849. The smallest absolute Gasteiger partial charge is 0.321 e. The Labute approximate surface area is 221 Å². The van der Waals surface area contributed by atoms with Gasteiger partial charge in [-0.2, -0.15) is 0 Å². The molecule has 7 nitrogen and oxygen atoms in total. The highest BCUT2D eigenvalue weighted by Crippen LogP contribution is 2.17. The van der Waals surface area contributed by atoms with E-state index in [4.69, 9.17) is 11.6 Å². The van der Waals surface area contributed by atoms with Crippen LogP contribution in [0.15, 0.2) is 61.3 Å². The molecule has 0 radical (unpaired) electrons. The van der Waals surface area contributed by atoms with Crippen molar-refractivity contribution in [2.75, 3.05) is 25.0 Å². The Hall–Kier alpha value is -3.06. The Balaban J connectivity index is 0.000000292. The molecule has 0 aliphatic carbocycles. The Morgan fingerprint density at radius 1 is 1.08 bits per heavy atom. The van der Waals surface area contributed by atoms with Gasteiger partial charge in [0.2, 0.25) is 12.3 Å². The van der Waals surface area contributed by atoms with Crippen LogP contribution in [0.5, 0.6) is 0 Å². The fraction of sp³-hybridized carbons (Fsp3) is 0.464. The lowest BCUT2D eigenvalue weighted by Gasteiger charge is -2.26. The van der Waals surface area contributed by atoms with Crippen LogP contribution in [0.25, 0.3) is 0 Å². The summed E-state index contributed by atoms with van der Waals surface area (Å²) in [6, 6.07) is 7.61. The maximum Gasteiger partial charge on any atom is 0.321 e. The van der Waals surface area contributed by atoms with E-state index in [9.17, 15) is 14.4 Å². The van der Waals surface area contributed by atoms with Crippen LogP contribution in [-0.2, 0) is 9.59 Å². The summed E-state index contributed by atoms with van der Waals surface area (Å²) in [5, 5.41) is 5.86. The molecule has 2 N–H and O–H groups in total. The van der Waals surface area contributed by atoms with E-state index in [1.807, 2.05) is 28.0 Å². The number of amides is 4. The first-order valence-corrected chi connectivity index (χ1v) is 13.0. The van der Waals surface area contributed by atoms with E-state index >= 15 is 0 Å². The molecule has 1 aromatic rings. The number of halogens is 1. The molecular formula is C28H41ClN4O3. The summed E-state index contributed by atoms with van der Waals surface area (Å²) in [6.45, 7) is 10.3. The number of anilines is 1. The Kier molecular flexibility index (Phi) is 16.5. The lowest BCUT2D eigenvalue weighted by atomic mass is 10.1. The molecule has 0 spiro atoms. The zero-order chi connectivity index (χ0) is 26.6. The minimum absolute atomic E-state index is 0.0120. The Morgan fingerprint density at radius 2 is 1.78 bits per heavy atom. The third kappa shape index (κ3) is 13.1. The van der Waals surface area contributed by atoms with Crippen LogP contribution in [0.1, 0.15) is 58.8 Å². The fourth-order valence-corrected chi connectivity index (χ4v) is 3.89. The summed E-state index contributed by atoms with van der Waals surface area (Å²) >= 11 is 5.77. The predicted molar refractivity (Wildman–Crippen MR) is 149 cm³/mol. The summed E-state index contributed by atoms with van der Waals surface area (Å²) in [6.07, 6.45) is 16.7. The highest BCUT2D eigenvalue weighted by molar-refractivity contribution is 6.30. The molecule has 3 rings (SSSR count). The van der Waals surface area contributed by atoms with Crippen LogP contribution in [0.4, 0.5) is 10.5 Å². The maximum atomic E-state index is 11.8. The molecule has 2 heterocycles. The molecule has 1 unspecified atom stereocenters. The van der Waals surface area contributed by atoms with Gasteiger partial charge in [-0.3, -0.25) is 9.59 Å². The molecule has 1 atom stereocenters. The van der Waals surface area contributed by atoms with Crippen LogP contribution >= 0.6 is 11.6 Å². The van der Waals surface area contributed by atoms with Crippen molar-refractivity contribution >= 4 is 35.6 Å². The zero-order valence-corrected chi connectivity index (χ0v) is 22.4. The number of nitrogens with one attached hydrogen (secondary N) is 2. The second-order valence-corrected chi connectivity index (χ2v) is 8.96. The highest BCUT2D eigenvalue weighted by Gasteiger charge is 2.23. The van der Waals surface area contributed by atoms with Gasteiger partial charge in [0.05, 0.1) is 0 Å². The van der Waals surface area contributed by atoms with Crippen LogP contribution in [0, 0.1) is 0 Å². The predicted octanol–water partition coefficient (Wildman–Crippen LogP) is 6.14. The molecule has 8 heteroatoms. The van der Waals surface area contributed by atoms with E-state index in [2.05, 4.69) is 37.1 Å². The second kappa shape index (κ2) is 19.2. The van der Waals surface area contributed by atoms with E-state index in [1.165, 1.54) is 25.5 Å². The first-order valence-electron chi connectivity index (χ1n) is 12.7. The van der Waals surface area contributed by atoms with Crippen molar-refractivity contribution in [1.82, 2.24) is 15.1 Å². The van der Waals surface area contributed by atoms with Crippen LogP contribution in [0.2, 0.25) is 5.02 Å². The van der Waals surface area contributed by atoms with Gasteiger partial charge in [-0.05, 0) is 75.8 Å². The number of hydrogen-bond donors (Lipinski definition) is 2. The van der Waals surface area contributed by atoms with E-state index in [-0.39, 0.29) is 11.9 Å². The van der Waals surface area contributed by atoms with Crippen molar-refractivity contribution in [1.29, 1.82) is 0 Å². The molecule has 36 heavy (non-hydrogen) atoms. The number of benzene rings is 1. The first-order chi connectivity index (χ1) is 17.4. The number of likely N-dealkylation sites (tertiary alicyclic amines) is 2. The van der Waals surface area contributed by atoms with Crippen LogP contribution < -0.4 is 10.6 Å². The number of allylic oxidation sites excluding steroid dienone is 3. The van der Waals surface area contributed by atoms with Crippen molar-refractivity contribution in [3.05, 3.63) is 66.4 Å². The van der Waals surface area contributed by atoms with Gasteiger partial charge >= 0.3 is 6.03 Å². The summed E-state index contributed by atoms with van der Waals surface area (Å²) < 4.78 is 0. The summed E-state index contributed by atoms with van der Waals surface area (Å²) in [7, 11) is 0. The monoisotopic (exact) mass is 516 g/mol. The van der Waals surface area contributed by atoms with Gasteiger partial charge in [0, 0.05) is 49.0 Å². The lowest BCUT2D eigenvalue weighted by molar-refractivity contribution is -0.130. The molecule has 0 saturated carbocycles. The third-order valence-electron chi connectivity index (χ3n) is 5.70. The maximum absolute atomic E-state index is 11.8. The second-order valence-electron chi connectivity index (χ2n) is 8.53.